The molecule has 1 aliphatic rings. The molecule has 0 radical (unpaired) electrons. The summed E-state index contributed by atoms with van der Waals surface area (Å²) in [4.78, 5) is 43.0. The number of ether oxygens (including phenoxy) is 2. The molecule has 3 aromatic rings. The lowest BCUT2D eigenvalue weighted by Gasteiger charge is -2.35. The van der Waals surface area contributed by atoms with Crippen LogP contribution in [-0.2, 0) is 20.7 Å². The molecule has 0 aromatic heterocycles. The molecule has 1 fully saturated rings. The van der Waals surface area contributed by atoms with Crippen LogP contribution >= 0.6 is 0 Å². The first kappa shape index (κ1) is 30.4. The molecule has 3 amide bonds. The van der Waals surface area contributed by atoms with E-state index in [1.807, 2.05) is 37.3 Å². The molecule has 0 bridgehead atoms. The first-order valence-corrected chi connectivity index (χ1v) is 14.0. The maximum Gasteiger partial charge on any atom is 0.408 e. The van der Waals surface area contributed by atoms with Crippen LogP contribution in [-0.4, -0.2) is 52.7 Å². The number of amides is 3. The van der Waals surface area contributed by atoms with Gasteiger partial charge in [0.2, 0.25) is 5.91 Å². The molecule has 0 aliphatic heterocycles. The molecular weight excluding hydrogens is 534 g/mol. The summed E-state index contributed by atoms with van der Waals surface area (Å²) in [6.07, 6.45) is 0.128. The second kappa shape index (κ2) is 13.0. The third-order valence-electron chi connectivity index (χ3n) is 7.04. The standard InChI is InChI=1S/C33H39N3O6/c1-21-19-28(21)36(29(23-9-7-6-8-10-23)30(38)34-24-13-17-26(41-5)18-14-24)31(39)27(35-32(40)42-33(2,3)4)20-22-11-15-25(37)16-12-22/h6-18,21,27-29,37H,19-20H2,1-5H3,(H,34,38)(H,35,40). The van der Waals surface area contributed by atoms with Crippen LogP contribution in [0.5, 0.6) is 11.5 Å². The number of phenols is 1. The number of rotatable bonds is 10. The number of methoxy groups -OCH3 is 1. The quantitative estimate of drug-likeness (QED) is 0.297. The van der Waals surface area contributed by atoms with Crippen LogP contribution in [0.4, 0.5) is 10.5 Å². The Morgan fingerprint density at radius 2 is 1.60 bits per heavy atom. The number of aromatic hydroxyl groups is 1. The van der Waals surface area contributed by atoms with Crippen LogP contribution in [0.3, 0.4) is 0 Å². The smallest absolute Gasteiger partial charge is 0.408 e. The molecule has 4 unspecified atom stereocenters. The summed E-state index contributed by atoms with van der Waals surface area (Å²) >= 11 is 0. The van der Waals surface area contributed by atoms with Crippen molar-refractivity contribution in [2.45, 2.75) is 64.3 Å². The molecular formula is C33H39N3O6. The van der Waals surface area contributed by atoms with Crippen LogP contribution < -0.4 is 15.4 Å². The first-order valence-electron chi connectivity index (χ1n) is 14.0. The van der Waals surface area contributed by atoms with Crippen LogP contribution in [0.1, 0.15) is 51.3 Å². The van der Waals surface area contributed by atoms with Gasteiger partial charge in [-0.3, -0.25) is 9.59 Å². The van der Waals surface area contributed by atoms with E-state index in [0.717, 1.165) is 12.0 Å². The van der Waals surface area contributed by atoms with Gasteiger partial charge in [-0.25, -0.2) is 4.79 Å². The van der Waals surface area contributed by atoms with Gasteiger partial charge in [0.05, 0.1) is 7.11 Å². The minimum atomic E-state index is -1.03. The SMILES string of the molecule is COc1ccc(NC(=O)C(c2ccccc2)N(C(=O)C(Cc2ccc(O)cc2)NC(=O)OC(C)(C)C)C2CC2C)cc1. The van der Waals surface area contributed by atoms with E-state index >= 15 is 0 Å². The van der Waals surface area contributed by atoms with Crippen molar-refractivity contribution in [2.24, 2.45) is 5.92 Å². The maximum absolute atomic E-state index is 14.5. The normalized spacial score (nSPS) is 17.4. The second-order valence-electron chi connectivity index (χ2n) is 11.6. The zero-order valence-corrected chi connectivity index (χ0v) is 24.7. The molecule has 4 atom stereocenters. The van der Waals surface area contributed by atoms with Crippen molar-refractivity contribution in [2.75, 3.05) is 12.4 Å². The van der Waals surface area contributed by atoms with Gasteiger partial charge in [0.15, 0.2) is 0 Å². The Bertz CT molecular complexity index is 1370. The molecule has 3 N–H and O–H groups in total. The van der Waals surface area contributed by atoms with Crippen LogP contribution in [0.2, 0.25) is 0 Å². The van der Waals surface area contributed by atoms with Crippen molar-refractivity contribution in [1.29, 1.82) is 0 Å². The molecule has 0 saturated heterocycles. The number of alkyl carbamates (subject to hydrolysis) is 1. The molecule has 1 saturated carbocycles. The zero-order chi connectivity index (χ0) is 30.4. The number of carbonyl (C=O) groups excluding carboxylic acids is 3. The van der Waals surface area contributed by atoms with Gasteiger partial charge in [0.25, 0.3) is 5.91 Å². The lowest BCUT2D eigenvalue weighted by molar-refractivity contribution is -0.141. The Morgan fingerprint density at radius 3 is 2.14 bits per heavy atom. The van der Waals surface area contributed by atoms with Crippen LogP contribution in [0.25, 0.3) is 0 Å². The number of nitrogens with zero attached hydrogens (tertiary/aromatic N) is 1. The highest BCUT2D eigenvalue weighted by atomic mass is 16.6. The van der Waals surface area contributed by atoms with Gasteiger partial charge in [0.1, 0.15) is 29.2 Å². The van der Waals surface area contributed by atoms with Crippen molar-refractivity contribution in [1.82, 2.24) is 10.2 Å². The molecule has 0 spiro atoms. The van der Waals surface area contributed by atoms with E-state index in [4.69, 9.17) is 9.47 Å². The van der Waals surface area contributed by atoms with Gasteiger partial charge in [-0.05, 0) is 80.6 Å². The summed E-state index contributed by atoms with van der Waals surface area (Å²) in [5.74, 6) is 0.141. The largest absolute Gasteiger partial charge is 0.508 e. The molecule has 3 aromatic carbocycles. The average Bonchev–Trinajstić information content (AvgIpc) is 3.67. The number of nitrogens with one attached hydrogen (secondary N) is 2. The summed E-state index contributed by atoms with van der Waals surface area (Å²) in [6, 6.07) is 20.4. The number of carbonyl (C=O) groups is 3. The number of benzene rings is 3. The fourth-order valence-corrected chi connectivity index (χ4v) is 4.83. The van der Waals surface area contributed by atoms with Gasteiger partial charge < -0.3 is 30.1 Å². The van der Waals surface area contributed by atoms with Gasteiger partial charge in [0, 0.05) is 18.2 Å². The lowest BCUT2D eigenvalue weighted by atomic mass is 9.99. The van der Waals surface area contributed by atoms with Gasteiger partial charge in [-0.1, -0.05) is 49.4 Å². The Labute approximate surface area is 246 Å². The summed E-state index contributed by atoms with van der Waals surface area (Å²) in [5, 5.41) is 15.5. The molecule has 0 heterocycles. The monoisotopic (exact) mass is 573 g/mol. The Morgan fingerprint density at radius 1 is 0.976 bits per heavy atom. The van der Waals surface area contributed by atoms with Gasteiger partial charge >= 0.3 is 6.09 Å². The van der Waals surface area contributed by atoms with Gasteiger partial charge in [-0.15, -0.1) is 0 Å². The summed E-state index contributed by atoms with van der Waals surface area (Å²) < 4.78 is 10.7. The number of hydrogen-bond acceptors (Lipinski definition) is 6. The van der Waals surface area contributed by atoms with E-state index in [-0.39, 0.29) is 30.0 Å². The number of phenolic OH excluding ortho intramolecular Hbond substituents is 1. The highest BCUT2D eigenvalue weighted by Crippen LogP contribution is 2.41. The average molecular weight is 574 g/mol. The van der Waals surface area contributed by atoms with Gasteiger partial charge in [-0.2, -0.15) is 0 Å². The fraction of sp³-hybridized carbons (Fsp3) is 0.364. The molecule has 1 aliphatic carbocycles. The number of hydrogen-bond donors (Lipinski definition) is 3. The Balaban J connectivity index is 1.71. The summed E-state index contributed by atoms with van der Waals surface area (Å²) in [7, 11) is 1.57. The molecule has 4 rings (SSSR count). The lowest BCUT2D eigenvalue weighted by Crippen LogP contribution is -2.54. The van der Waals surface area contributed by atoms with E-state index < -0.39 is 29.7 Å². The van der Waals surface area contributed by atoms with E-state index in [1.54, 1.807) is 69.2 Å². The Kier molecular flexibility index (Phi) is 9.40. The second-order valence-corrected chi connectivity index (χ2v) is 11.6. The van der Waals surface area contributed by atoms with Crippen molar-refractivity contribution in [3.8, 4) is 11.5 Å². The minimum Gasteiger partial charge on any atom is -0.508 e. The van der Waals surface area contributed by atoms with Crippen molar-refractivity contribution in [3.63, 3.8) is 0 Å². The topological polar surface area (TPSA) is 117 Å². The molecule has 9 nitrogen and oxygen atoms in total. The van der Waals surface area contributed by atoms with Crippen LogP contribution in [0, 0.1) is 5.92 Å². The molecule has 222 valence electrons. The molecule has 42 heavy (non-hydrogen) atoms. The summed E-state index contributed by atoms with van der Waals surface area (Å²) in [5.41, 5.74) is 1.17. The maximum atomic E-state index is 14.5. The molecule has 9 heteroatoms. The van der Waals surface area contributed by atoms with E-state index in [0.29, 0.717) is 17.0 Å². The zero-order valence-electron chi connectivity index (χ0n) is 24.7. The summed E-state index contributed by atoms with van der Waals surface area (Å²) in [6.45, 7) is 7.27. The van der Waals surface area contributed by atoms with E-state index in [9.17, 15) is 19.5 Å². The van der Waals surface area contributed by atoms with Crippen molar-refractivity contribution in [3.05, 3.63) is 90.0 Å². The predicted molar refractivity (Wildman–Crippen MR) is 160 cm³/mol. The predicted octanol–water partition coefficient (Wildman–Crippen LogP) is 5.45. The first-order chi connectivity index (χ1) is 19.9. The van der Waals surface area contributed by atoms with Crippen molar-refractivity contribution >= 4 is 23.6 Å². The highest BCUT2D eigenvalue weighted by molar-refractivity contribution is 5.99. The third kappa shape index (κ3) is 8.02. The van der Waals surface area contributed by atoms with E-state index in [1.165, 1.54) is 12.1 Å². The van der Waals surface area contributed by atoms with Crippen molar-refractivity contribution < 1.29 is 29.0 Å². The Hall–Kier alpha value is -4.53. The van der Waals surface area contributed by atoms with E-state index in [2.05, 4.69) is 10.6 Å². The number of anilines is 1. The minimum absolute atomic E-state index is 0.0921. The third-order valence-corrected chi connectivity index (χ3v) is 7.04. The van der Waals surface area contributed by atoms with Crippen LogP contribution in [0.15, 0.2) is 78.9 Å². The fourth-order valence-electron chi connectivity index (χ4n) is 4.83. The highest BCUT2D eigenvalue weighted by Gasteiger charge is 2.48.